The summed E-state index contributed by atoms with van der Waals surface area (Å²) < 4.78 is 79.6. The van der Waals surface area contributed by atoms with Crippen LogP contribution < -0.4 is 31.0 Å². The fraction of sp³-hybridized carbons (Fsp3) is 0.0571. The fourth-order valence-electron chi connectivity index (χ4n) is 5.44. The standard InChI is InChI=1S/C35H28N6O11S2/c1-51-27-9-5-3-7-25(27)38-40-31-29(53(45,46)47)17-19-15-21(11-13-23(19)33(31)42)36-35(44)37-22-12-14-24-20(16-22)18-30(54(48,49)50)32(34(24)43)41-39-26-8-4-6-10-28(26)52-2/h3-18,38-39H,1-2H3,(H2,36,37,44)(H,45,46,47)(H,48,49,50)/b40-31+,41-32+. The summed E-state index contributed by atoms with van der Waals surface area (Å²) in [6, 6.07) is 20.3. The molecular weight excluding hydrogens is 745 g/mol. The first-order chi connectivity index (χ1) is 25.7. The van der Waals surface area contributed by atoms with Gasteiger partial charge in [-0.3, -0.25) is 29.5 Å². The molecule has 0 aromatic heterocycles. The number of ether oxygens (including phenoxy) is 2. The lowest BCUT2D eigenvalue weighted by molar-refractivity contribution is 0.105. The van der Waals surface area contributed by atoms with Crippen molar-refractivity contribution in [2.24, 2.45) is 10.2 Å². The molecule has 0 heterocycles. The van der Waals surface area contributed by atoms with E-state index in [4.69, 9.17) is 9.47 Å². The lowest BCUT2D eigenvalue weighted by atomic mass is 9.94. The van der Waals surface area contributed by atoms with Gasteiger partial charge in [0.2, 0.25) is 11.6 Å². The van der Waals surface area contributed by atoms with Crippen molar-refractivity contribution in [1.29, 1.82) is 0 Å². The molecule has 0 saturated heterocycles. The van der Waals surface area contributed by atoms with Gasteiger partial charge in [0.05, 0.1) is 25.6 Å². The number of nitrogens with one attached hydrogen (secondary N) is 4. The van der Waals surface area contributed by atoms with Gasteiger partial charge in [-0.25, -0.2) is 4.79 Å². The number of carbonyl (C=O) groups is 3. The van der Waals surface area contributed by atoms with Crippen LogP contribution in [0.25, 0.3) is 12.2 Å². The molecule has 6 N–H and O–H groups in total. The van der Waals surface area contributed by atoms with Crippen LogP contribution in [0.4, 0.5) is 27.5 Å². The normalized spacial score (nSPS) is 15.4. The molecule has 0 fully saturated rings. The van der Waals surface area contributed by atoms with Gasteiger partial charge >= 0.3 is 6.03 Å². The van der Waals surface area contributed by atoms with E-state index in [0.29, 0.717) is 22.9 Å². The van der Waals surface area contributed by atoms with Crippen LogP contribution >= 0.6 is 0 Å². The Morgan fingerprint density at radius 3 is 1.37 bits per heavy atom. The van der Waals surface area contributed by atoms with Crippen molar-refractivity contribution < 1.29 is 49.8 Å². The van der Waals surface area contributed by atoms with Gasteiger partial charge < -0.3 is 20.1 Å². The van der Waals surface area contributed by atoms with Crippen molar-refractivity contribution in [2.45, 2.75) is 0 Å². The number of hydrogen-bond acceptors (Lipinski definition) is 13. The van der Waals surface area contributed by atoms with Crippen LogP contribution in [0.2, 0.25) is 0 Å². The number of amides is 2. The average Bonchev–Trinajstić information content (AvgIpc) is 3.13. The Kier molecular flexibility index (Phi) is 10.1. The number of urea groups is 1. The minimum atomic E-state index is -4.95. The summed E-state index contributed by atoms with van der Waals surface area (Å²) in [5.41, 5.74) is 5.03. The molecular formula is C35H28N6O11S2. The summed E-state index contributed by atoms with van der Waals surface area (Å²) in [6.45, 7) is 0. The van der Waals surface area contributed by atoms with Gasteiger partial charge in [-0.1, -0.05) is 24.3 Å². The monoisotopic (exact) mass is 772 g/mol. The molecule has 0 radical (unpaired) electrons. The van der Waals surface area contributed by atoms with Gasteiger partial charge in [-0.2, -0.15) is 27.0 Å². The molecule has 6 rings (SSSR count). The molecule has 0 saturated carbocycles. The third-order valence-electron chi connectivity index (χ3n) is 7.92. The van der Waals surface area contributed by atoms with Crippen LogP contribution in [0, 0.1) is 0 Å². The van der Waals surface area contributed by atoms with E-state index in [-0.39, 0.29) is 33.6 Å². The SMILES string of the molecule is COc1ccccc1N/N=C1/C(=O)c2ccc(NC(=O)Nc3ccc4c(c3)C=C(S(=O)(=O)O)/C(=N\Nc3ccccc3OC)C4=O)cc2C=C1S(=O)(=O)O. The van der Waals surface area contributed by atoms with E-state index < -0.39 is 59.1 Å². The van der Waals surface area contributed by atoms with Crippen LogP contribution in [0.1, 0.15) is 31.8 Å². The number of anilines is 4. The van der Waals surface area contributed by atoms with Gasteiger partial charge in [0.1, 0.15) is 21.3 Å². The predicted octanol–water partition coefficient (Wildman–Crippen LogP) is 5.13. The van der Waals surface area contributed by atoms with Crippen LogP contribution in [0.5, 0.6) is 11.5 Å². The van der Waals surface area contributed by atoms with E-state index in [1.165, 1.54) is 50.6 Å². The third-order valence-corrected chi connectivity index (χ3v) is 9.66. The molecule has 0 aliphatic heterocycles. The molecule has 17 nitrogen and oxygen atoms in total. The number of allylic oxidation sites excluding steroid dienone is 2. The molecule has 0 bridgehead atoms. The number of ketones is 2. The van der Waals surface area contributed by atoms with Gasteiger partial charge in [0, 0.05) is 22.5 Å². The number of Topliss-reactive ketones (excluding diaryl/α,β-unsaturated/α-hetero) is 2. The zero-order valence-electron chi connectivity index (χ0n) is 28.0. The van der Waals surface area contributed by atoms with Crippen LogP contribution in [0.15, 0.2) is 105 Å². The molecule has 2 aliphatic rings. The number of rotatable bonds is 10. The maximum Gasteiger partial charge on any atom is 0.323 e. The van der Waals surface area contributed by atoms with Crippen LogP contribution in [0.3, 0.4) is 0 Å². The number of benzene rings is 4. The number of para-hydroxylation sites is 4. The molecule has 0 unspecified atom stereocenters. The van der Waals surface area contributed by atoms with E-state index >= 15 is 0 Å². The topological polar surface area (TPSA) is 251 Å². The summed E-state index contributed by atoms with van der Waals surface area (Å²) in [4.78, 5) is 38.2. The maximum absolute atomic E-state index is 13.4. The Morgan fingerprint density at radius 2 is 1.00 bits per heavy atom. The second-order valence-corrected chi connectivity index (χ2v) is 14.1. The van der Waals surface area contributed by atoms with E-state index in [0.717, 1.165) is 12.2 Å². The minimum absolute atomic E-state index is 0.0238. The summed E-state index contributed by atoms with van der Waals surface area (Å²) in [5.74, 6) is -0.943. The highest BCUT2D eigenvalue weighted by Gasteiger charge is 2.34. The molecule has 4 aromatic rings. The Bertz CT molecular complexity index is 2420. The Labute approximate surface area is 307 Å². The summed E-state index contributed by atoms with van der Waals surface area (Å²) in [5, 5.41) is 13.0. The molecule has 4 aromatic carbocycles. The number of hydrazone groups is 2. The van der Waals surface area contributed by atoms with Crippen LogP contribution in [-0.4, -0.2) is 69.2 Å². The Balaban J connectivity index is 1.22. The summed E-state index contributed by atoms with van der Waals surface area (Å²) >= 11 is 0. The molecule has 0 spiro atoms. The fourth-order valence-corrected chi connectivity index (χ4v) is 6.75. The number of nitrogens with zero attached hydrogens (tertiary/aromatic N) is 2. The van der Waals surface area contributed by atoms with E-state index in [1.54, 1.807) is 48.5 Å². The van der Waals surface area contributed by atoms with Gasteiger partial charge in [0.25, 0.3) is 20.2 Å². The highest BCUT2D eigenvalue weighted by atomic mass is 32.2. The number of hydrogen-bond donors (Lipinski definition) is 6. The lowest BCUT2D eigenvalue weighted by Gasteiger charge is -2.18. The quantitative estimate of drug-likeness (QED) is 0.0904. The van der Waals surface area contributed by atoms with E-state index in [9.17, 15) is 40.3 Å². The molecule has 0 atom stereocenters. The van der Waals surface area contributed by atoms with Crippen molar-refractivity contribution in [1.82, 2.24) is 0 Å². The zero-order valence-corrected chi connectivity index (χ0v) is 29.7. The Morgan fingerprint density at radius 1 is 0.611 bits per heavy atom. The van der Waals surface area contributed by atoms with Crippen molar-refractivity contribution in [2.75, 3.05) is 35.7 Å². The lowest BCUT2D eigenvalue weighted by Crippen LogP contribution is -2.27. The van der Waals surface area contributed by atoms with Gasteiger partial charge in [-0.05, 0) is 83.9 Å². The number of methoxy groups -OCH3 is 2. The molecule has 2 aliphatic carbocycles. The highest BCUT2D eigenvalue weighted by molar-refractivity contribution is 7.91. The van der Waals surface area contributed by atoms with Gasteiger partial charge in [0.15, 0.2) is 11.4 Å². The smallest absolute Gasteiger partial charge is 0.323 e. The first kappa shape index (κ1) is 37.1. The minimum Gasteiger partial charge on any atom is -0.495 e. The maximum atomic E-state index is 13.4. The van der Waals surface area contributed by atoms with Crippen LogP contribution in [-0.2, 0) is 20.2 Å². The summed E-state index contributed by atoms with van der Waals surface area (Å²) in [7, 11) is -7.08. The van der Waals surface area contributed by atoms with Crippen molar-refractivity contribution in [3.8, 4) is 11.5 Å². The largest absolute Gasteiger partial charge is 0.495 e. The first-order valence-corrected chi connectivity index (χ1v) is 18.3. The number of fused-ring (bicyclic) bond motifs is 2. The van der Waals surface area contributed by atoms with Crippen molar-refractivity contribution >= 4 is 84.2 Å². The van der Waals surface area contributed by atoms with E-state index in [1.807, 2.05) is 0 Å². The third kappa shape index (κ3) is 7.73. The first-order valence-electron chi connectivity index (χ1n) is 15.5. The van der Waals surface area contributed by atoms with E-state index in [2.05, 4.69) is 31.7 Å². The molecule has 276 valence electrons. The predicted molar refractivity (Wildman–Crippen MR) is 201 cm³/mol. The van der Waals surface area contributed by atoms with Gasteiger partial charge in [-0.15, -0.1) is 0 Å². The molecule has 54 heavy (non-hydrogen) atoms. The average molecular weight is 773 g/mol. The highest BCUT2D eigenvalue weighted by Crippen LogP contribution is 2.31. The zero-order chi connectivity index (χ0) is 38.8. The second kappa shape index (κ2) is 14.8. The molecule has 2 amide bonds. The molecule has 19 heteroatoms. The second-order valence-electron chi connectivity index (χ2n) is 11.4. The number of carbonyl (C=O) groups excluding carboxylic acids is 3. The van der Waals surface area contributed by atoms with Crippen molar-refractivity contribution in [3.05, 3.63) is 117 Å². The van der Waals surface area contributed by atoms with Crippen molar-refractivity contribution in [3.63, 3.8) is 0 Å². The Hall–Kier alpha value is -6.67. The summed E-state index contributed by atoms with van der Waals surface area (Å²) in [6.07, 6.45) is 2.06.